The maximum atomic E-state index is 6.03. The first-order valence-corrected chi connectivity index (χ1v) is 5.51. The maximum Gasteiger partial charge on any atom is 0.0409 e. The van der Waals surface area contributed by atoms with Crippen LogP contribution < -0.4 is 5.32 Å². The first-order valence-electron chi connectivity index (χ1n) is 5.13. The molecule has 0 radical (unpaired) electrons. The molecule has 1 N–H and O–H groups in total. The summed E-state index contributed by atoms with van der Waals surface area (Å²) in [5.41, 5.74) is 2.81. The fourth-order valence-corrected chi connectivity index (χ4v) is 2.49. The highest BCUT2D eigenvalue weighted by molar-refractivity contribution is 6.30. The fourth-order valence-electron chi connectivity index (χ4n) is 2.31. The summed E-state index contributed by atoms with van der Waals surface area (Å²) in [6.07, 6.45) is 2.45. The van der Waals surface area contributed by atoms with Crippen molar-refractivity contribution < 1.29 is 0 Å². The third-order valence-electron chi connectivity index (χ3n) is 3.16. The van der Waals surface area contributed by atoms with Gasteiger partial charge in [-0.2, -0.15) is 0 Å². The number of rotatable bonds is 1. The summed E-state index contributed by atoms with van der Waals surface area (Å²) >= 11 is 6.03. The molecule has 1 aromatic rings. The van der Waals surface area contributed by atoms with Gasteiger partial charge < -0.3 is 5.32 Å². The lowest BCUT2D eigenvalue weighted by atomic mass is 9.87. The van der Waals surface area contributed by atoms with Gasteiger partial charge >= 0.3 is 0 Å². The van der Waals surface area contributed by atoms with Gasteiger partial charge in [-0.05, 0) is 56.5 Å². The highest BCUT2D eigenvalue weighted by atomic mass is 35.5. The largest absolute Gasteiger partial charge is 0.308 e. The molecule has 1 nitrogen and oxygen atoms in total. The van der Waals surface area contributed by atoms with Crippen molar-refractivity contribution >= 4 is 11.6 Å². The summed E-state index contributed by atoms with van der Waals surface area (Å²) in [5.74, 6) is 0. The molecule has 1 saturated heterocycles. The van der Waals surface area contributed by atoms with Crippen LogP contribution in [-0.2, 0) is 5.54 Å². The molecule has 1 fully saturated rings. The van der Waals surface area contributed by atoms with Gasteiger partial charge in [-0.25, -0.2) is 0 Å². The zero-order chi connectivity index (χ0) is 10.2. The van der Waals surface area contributed by atoms with Crippen molar-refractivity contribution in [3.8, 4) is 0 Å². The van der Waals surface area contributed by atoms with Gasteiger partial charge in [-0.3, -0.25) is 0 Å². The second-order valence-corrected chi connectivity index (χ2v) is 4.76. The third-order valence-corrected chi connectivity index (χ3v) is 3.40. The van der Waals surface area contributed by atoms with Crippen molar-refractivity contribution in [2.75, 3.05) is 6.54 Å². The Morgan fingerprint density at radius 2 is 2.21 bits per heavy atom. The topological polar surface area (TPSA) is 12.0 Å². The molecule has 14 heavy (non-hydrogen) atoms. The molecule has 2 heteroatoms. The van der Waals surface area contributed by atoms with Gasteiger partial charge in [0, 0.05) is 10.6 Å². The van der Waals surface area contributed by atoms with Crippen LogP contribution in [0.2, 0.25) is 5.02 Å². The number of benzene rings is 1. The molecule has 0 bridgehead atoms. The van der Waals surface area contributed by atoms with Crippen molar-refractivity contribution in [3.05, 3.63) is 34.3 Å². The average molecular weight is 210 g/mol. The summed E-state index contributed by atoms with van der Waals surface area (Å²) in [7, 11) is 0. The van der Waals surface area contributed by atoms with E-state index in [0.29, 0.717) is 0 Å². The average Bonchev–Trinajstić information content (AvgIpc) is 2.58. The third kappa shape index (κ3) is 1.67. The van der Waals surface area contributed by atoms with Crippen LogP contribution in [0.3, 0.4) is 0 Å². The van der Waals surface area contributed by atoms with Gasteiger partial charge in [-0.15, -0.1) is 0 Å². The number of hydrogen-bond donors (Lipinski definition) is 1. The van der Waals surface area contributed by atoms with Gasteiger partial charge in [0.25, 0.3) is 0 Å². The highest BCUT2D eigenvalue weighted by Crippen LogP contribution is 2.33. The van der Waals surface area contributed by atoms with E-state index in [1.807, 2.05) is 6.07 Å². The van der Waals surface area contributed by atoms with Crippen LogP contribution in [0.4, 0.5) is 0 Å². The van der Waals surface area contributed by atoms with Crippen LogP contribution in [-0.4, -0.2) is 6.54 Å². The molecule has 1 atom stereocenters. The SMILES string of the molecule is Cc1ccc(Cl)cc1C1(C)CCCN1. The van der Waals surface area contributed by atoms with Crippen LogP contribution in [0.1, 0.15) is 30.9 Å². The lowest BCUT2D eigenvalue weighted by Crippen LogP contribution is -2.33. The first kappa shape index (κ1) is 10.0. The Kier molecular flexibility index (Phi) is 2.54. The van der Waals surface area contributed by atoms with E-state index in [0.717, 1.165) is 11.6 Å². The molecule has 1 aromatic carbocycles. The predicted molar refractivity (Wildman–Crippen MR) is 60.8 cm³/mol. The van der Waals surface area contributed by atoms with Crippen molar-refractivity contribution in [2.45, 2.75) is 32.2 Å². The summed E-state index contributed by atoms with van der Waals surface area (Å²) in [6, 6.07) is 6.15. The van der Waals surface area contributed by atoms with Gasteiger partial charge in [0.1, 0.15) is 0 Å². The molecule has 1 aliphatic rings. The van der Waals surface area contributed by atoms with E-state index in [1.54, 1.807) is 0 Å². The second-order valence-electron chi connectivity index (χ2n) is 4.32. The van der Waals surface area contributed by atoms with Gasteiger partial charge in [0.15, 0.2) is 0 Å². The van der Waals surface area contributed by atoms with Crippen molar-refractivity contribution in [1.29, 1.82) is 0 Å². The molecular weight excluding hydrogens is 194 g/mol. The Morgan fingerprint density at radius 3 is 2.86 bits per heavy atom. The molecule has 0 spiro atoms. The minimum atomic E-state index is 0.134. The lowest BCUT2D eigenvalue weighted by molar-refractivity contribution is 0.432. The van der Waals surface area contributed by atoms with E-state index in [4.69, 9.17) is 11.6 Å². The Hall–Kier alpha value is -0.530. The lowest BCUT2D eigenvalue weighted by Gasteiger charge is -2.27. The van der Waals surface area contributed by atoms with Crippen LogP contribution in [0.15, 0.2) is 18.2 Å². The summed E-state index contributed by atoms with van der Waals surface area (Å²) < 4.78 is 0. The van der Waals surface area contributed by atoms with Crippen LogP contribution in [0.5, 0.6) is 0 Å². The minimum Gasteiger partial charge on any atom is -0.308 e. The second kappa shape index (κ2) is 3.56. The Bertz CT molecular complexity index is 340. The standard InChI is InChI=1S/C12H16ClN/c1-9-4-5-10(13)8-11(9)12(2)6-3-7-14-12/h4-5,8,14H,3,6-7H2,1-2H3. The predicted octanol–water partition coefficient (Wildman–Crippen LogP) is 3.25. The van der Waals surface area contributed by atoms with E-state index < -0.39 is 0 Å². The van der Waals surface area contributed by atoms with Crippen molar-refractivity contribution in [3.63, 3.8) is 0 Å². The summed E-state index contributed by atoms with van der Waals surface area (Å²) in [6.45, 7) is 5.53. The molecule has 1 unspecified atom stereocenters. The van der Waals surface area contributed by atoms with E-state index in [2.05, 4.69) is 31.3 Å². The van der Waals surface area contributed by atoms with E-state index in [9.17, 15) is 0 Å². The molecule has 76 valence electrons. The molecule has 0 aromatic heterocycles. The molecule has 0 amide bonds. The van der Waals surface area contributed by atoms with Gasteiger partial charge in [0.2, 0.25) is 0 Å². The van der Waals surface area contributed by atoms with Gasteiger partial charge in [-0.1, -0.05) is 17.7 Å². The summed E-state index contributed by atoms with van der Waals surface area (Å²) in [5, 5.41) is 4.39. The van der Waals surface area contributed by atoms with E-state index >= 15 is 0 Å². The molecular formula is C12H16ClN. The fraction of sp³-hybridized carbons (Fsp3) is 0.500. The van der Waals surface area contributed by atoms with Gasteiger partial charge in [0.05, 0.1) is 0 Å². The van der Waals surface area contributed by atoms with E-state index in [-0.39, 0.29) is 5.54 Å². The zero-order valence-electron chi connectivity index (χ0n) is 8.73. The van der Waals surface area contributed by atoms with Crippen molar-refractivity contribution in [2.24, 2.45) is 0 Å². The molecule has 0 aliphatic carbocycles. The Morgan fingerprint density at radius 1 is 1.43 bits per heavy atom. The summed E-state index contributed by atoms with van der Waals surface area (Å²) in [4.78, 5) is 0. The van der Waals surface area contributed by atoms with E-state index in [1.165, 1.54) is 24.0 Å². The number of nitrogens with one attached hydrogen (secondary N) is 1. The number of halogens is 1. The quantitative estimate of drug-likeness (QED) is 0.749. The monoisotopic (exact) mass is 209 g/mol. The minimum absolute atomic E-state index is 0.134. The first-order chi connectivity index (χ1) is 6.62. The Balaban J connectivity index is 2.44. The van der Waals surface area contributed by atoms with Crippen molar-refractivity contribution in [1.82, 2.24) is 5.32 Å². The van der Waals surface area contributed by atoms with Crippen LogP contribution in [0, 0.1) is 6.92 Å². The molecule has 2 rings (SSSR count). The number of hydrogen-bond acceptors (Lipinski definition) is 1. The smallest absolute Gasteiger partial charge is 0.0409 e. The molecule has 1 heterocycles. The normalized spacial score (nSPS) is 26.8. The van der Waals surface area contributed by atoms with Crippen LogP contribution >= 0.6 is 11.6 Å². The zero-order valence-corrected chi connectivity index (χ0v) is 9.49. The van der Waals surface area contributed by atoms with Crippen LogP contribution in [0.25, 0.3) is 0 Å². The highest BCUT2D eigenvalue weighted by Gasteiger charge is 2.31. The Labute approximate surface area is 90.5 Å². The molecule has 0 saturated carbocycles. The molecule has 1 aliphatic heterocycles. The number of aryl methyl sites for hydroxylation is 1. The maximum absolute atomic E-state index is 6.03.